The summed E-state index contributed by atoms with van der Waals surface area (Å²) in [5, 5.41) is 1.06. The molecule has 1 aliphatic heterocycles. The molecular formula is C21H23N4O2. The number of H-pyrrole nitrogens is 2. The highest BCUT2D eigenvalue weighted by Crippen LogP contribution is 2.24. The van der Waals surface area contributed by atoms with Gasteiger partial charge in [0.25, 0.3) is 11.5 Å². The number of piperidine rings is 1. The monoisotopic (exact) mass is 363 g/mol. The largest absolute Gasteiger partial charge is 0.364 e. The average Bonchev–Trinajstić information content (AvgIpc) is 3.06. The van der Waals surface area contributed by atoms with Gasteiger partial charge in [-0.25, -0.2) is 0 Å². The molecule has 0 bridgehead atoms. The number of nitrogens with two attached hydrogens (primary N) is 1. The molecule has 4 rings (SSSR count). The lowest BCUT2D eigenvalue weighted by atomic mass is 9.99. The molecule has 4 N–H and O–H groups in total. The van der Waals surface area contributed by atoms with E-state index in [4.69, 9.17) is 5.73 Å². The molecule has 0 aliphatic carbocycles. The first-order valence-corrected chi connectivity index (χ1v) is 9.29. The fourth-order valence-corrected chi connectivity index (χ4v) is 3.66. The zero-order chi connectivity index (χ0) is 19.0. The molecule has 1 fully saturated rings. The van der Waals surface area contributed by atoms with Crippen molar-refractivity contribution in [1.82, 2.24) is 14.9 Å². The maximum Gasteiger partial charge on any atom is 0.265 e. The molecule has 3 aromatic rings. The SMILES string of the molecule is CC1CCN(Cc2ccc3[nH]c(-c4c[c]c(C(N)=O)[nH]c4=O)cc3c2)CC1. The van der Waals surface area contributed by atoms with Crippen molar-refractivity contribution in [3.63, 3.8) is 0 Å². The van der Waals surface area contributed by atoms with E-state index in [0.29, 0.717) is 11.3 Å². The normalized spacial score (nSPS) is 16.0. The lowest BCUT2D eigenvalue weighted by Crippen LogP contribution is -2.32. The Morgan fingerprint density at radius 1 is 1.26 bits per heavy atom. The number of likely N-dealkylation sites (tertiary alicyclic amines) is 1. The summed E-state index contributed by atoms with van der Waals surface area (Å²) in [7, 11) is 0. The van der Waals surface area contributed by atoms with Crippen molar-refractivity contribution in [1.29, 1.82) is 0 Å². The van der Waals surface area contributed by atoms with Crippen LogP contribution in [0.1, 0.15) is 35.8 Å². The van der Waals surface area contributed by atoms with Crippen LogP contribution in [0, 0.1) is 12.0 Å². The minimum atomic E-state index is -0.702. The maximum atomic E-state index is 12.3. The fraction of sp³-hybridized carbons (Fsp3) is 0.333. The molecule has 6 nitrogen and oxygen atoms in total. The number of primary amides is 1. The van der Waals surface area contributed by atoms with Gasteiger partial charge in [-0.2, -0.15) is 0 Å². The molecule has 1 radical (unpaired) electrons. The Labute approximate surface area is 157 Å². The first kappa shape index (κ1) is 17.5. The second-order valence-corrected chi connectivity index (χ2v) is 7.46. The van der Waals surface area contributed by atoms with Crippen molar-refractivity contribution in [2.75, 3.05) is 13.1 Å². The van der Waals surface area contributed by atoms with Gasteiger partial charge in [-0.05, 0) is 61.7 Å². The molecule has 6 heteroatoms. The predicted octanol–water partition coefficient (Wildman–Crippen LogP) is 2.65. The molecule has 1 aromatic carbocycles. The van der Waals surface area contributed by atoms with Crippen LogP contribution in [0.25, 0.3) is 22.2 Å². The van der Waals surface area contributed by atoms with E-state index in [-0.39, 0.29) is 11.3 Å². The van der Waals surface area contributed by atoms with Gasteiger partial charge >= 0.3 is 0 Å². The minimum Gasteiger partial charge on any atom is -0.364 e. The van der Waals surface area contributed by atoms with Crippen LogP contribution in [-0.2, 0) is 6.54 Å². The number of carbonyl (C=O) groups excluding carboxylic acids is 1. The number of nitrogens with one attached hydrogen (secondary N) is 2. The number of aromatic nitrogens is 2. The van der Waals surface area contributed by atoms with Crippen molar-refractivity contribution in [2.24, 2.45) is 11.7 Å². The number of hydrogen-bond acceptors (Lipinski definition) is 3. The highest BCUT2D eigenvalue weighted by atomic mass is 16.1. The number of fused-ring (bicyclic) bond motifs is 1. The lowest BCUT2D eigenvalue weighted by Gasteiger charge is -2.30. The zero-order valence-electron chi connectivity index (χ0n) is 15.3. The van der Waals surface area contributed by atoms with Crippen LogP contribution in [0.3, 0.4) is 0 Å². The molecule has 0 saturated carbocycles. The smallest absolute Gasteiger partial charge is 0.265 e. The summed E-state index contributed by atoms with van der Waals surface area (Å²) in [6, 6.07) is 12.5. The molecule has 2 aromatic heterocycles. The van der Waals surface area contributed by atoms with Crippen LogP contribution < -0.4 is 11.3 Å². The molecule has 1 amide bonds. The van der Waals surface area contributed by atoms with Gasteiger partial charge in [0.1, 0.15) is 5.69 Å². The Kier molecular flexibility index (Phi) is 4.58. The Hall–Kier alpha value is -2.86. The van der Waals surface area contributed by atoms with Gasteiger partial charge in [0.05, 0.1) is 11.3 Å². The van der Waals surface area contributed by atoms with Crippen molar-refractivity contribution < 1.29 is 4.79 Å². The van der Waals surface area contributed by atoms with Gasteiger partial charge in [-0.3, -0.25) is 14.5 Å². The fourth-order valence-electron chi connectivity index (χ4n) is 3.66. The molecule has 0 unspecified atom stereocenters. The number of rotatable bonds is 4. The van der Waals surface area contributed by atoms with Crippen molar-refractivity contribution in [3.05, 3.63) is 58.0 Å². The molecule has 0 spiro atoms. The van der Waals surface area contributed by atoms with Gasteiger partial charge in [0, 0.05) is 23.5 Å². The van der Waals surface area contributed by atoms with Crippen LogP contribution in [0.4, 0.5) is 0 Å². The molecule has 1 saturated heterocycles. The maximum absolute atomic E-state index is 12.3. The molecule has 3 heterocycles. The summed E-state index contributed by atoms with van der Waals surface area (Å²) in [5.74, 6) is 0.124. The van der Waals surface area contributed by atoms with Gasteiger partial charge in [0.2, 0.25) is 0 Å². The summed E-state index contributed by atoms with van der Waals surface area (Å²) >= 11 is 0. The van der Waals surface area contributed by atoms with Crippen molar-refractivity contribution in [2.45, 2.75) is 26.3 Å². The van der Waals surface area contributed by atoms with E-state index in [1.807, 2.05) is 6.07 Å². The van der Waals surface area contributed by atoms with E-state index in [1.165, 1.54) is 24.5 Å². The molecule has 27 heavy (non-hydrogen) atoms. The topological polar surface area (TPSA) is 95.0 Å². The van der Waals surface area contributed by atoms with Gasteiger partial charge in [-0.15, -0.1) is 0 Å². The number of benzene rings is 1. The van der Waals surface area contributed by atoms with Gasteiger partial charge < -0.3 is 15.7 Å². The number of pyridine rings is 1. The molecular weight excluding hydrogens is 340 g/mol. The second-order valence-electron chi connectivity index (χ2n) is 7.46. The predicted molar refractivity (Wildman–Crippen MR) is 105 cm³/mol. The number of nitrogens with zero attached hydrogens (tertiary/aromatic N) is 1. The van der Waals surface area contributed by atoms with E-state index in [0.717, 1.165) is 36.5 Å². The van der Waals surface area contributed by atoms with Crippen LogP contribution in [-0.4, -0.2) is 33.9 Å². The van der Waals surface area contributed by atoms with Crippen LogP contribution in [0.5, 0.6) is 0 Å². The van der Waals surface area contributed by atoms with E-state index in [1.54, 1.807) is 0 Å². The molecule has 139 valence electrons. The molecule has 0 atom stereocenters. The van der Waals surface area contributed by atoms with Crippen molar-refractivity contribution in [3.8, 4) is 11.3 Å². The van der Waals surface area contributed by atoms with Gasteiger partial charge in [0.15, 0.2) is 0 Å². The third-order valence-electron chi connectivity index (χ3n) is 5.35. The first-order valence-electron chi connectivity index (χ1n) is 9.29. The highest BCUT2D eigenvalue weighted by Gasteiger charge is 2.16. The first-order chi connectivity index (χ1) is 13.0. The average molecular weight is 363 g/mol. The zero-order valence-corrected chi connectivity index (χ0v) is 15.3. The van der Waals surface area contributed by atoms with E-state index < -0.39 is 5.91 Å². The Bertz CT molecular complexity index is 1040. The Morgan fingerprint density at radius 3 is 2.74 bits per heavy atom. The van der Waals surface area contributed by atoms with E-state index in [2.05, 4.69) is 46.1 Å². The van der Waals surface area contributed by atoms with E-state index >= 15 is 0 Å². The summed E-state index contributed by atoms with van der Waals surface area (Å²) in [5.41, 5.74) is 8.17. The third kappa shape index (κ3) is 3.66. The Morgan fingerprint density at radius 2 is 2.04 bits per heavy atom. The number of aromatic amines is 2. The summed E-state index contributed by atoms with van der Waals surface area (Å²) in [6.07, 6.45) is 2.52. The van der Waals surface area contributed by atoms with Crippen LogP contribution in [0.2, 0.25) is 0 Å². The van der Waals surface area contributed by atoms with Crippen LogP contribution >= 0.6 is 0 Å². The van der Waals surface area contributed by atoms with Gasteiger partial charge in [-0.1, -0.05) is 13.0 Å². The van der Waals surface area contributed by atoms with Crippen LogP contribution in [0.15, 0.2) is 35.1 Å². The summed E-state index contributed by atoms with van der Waals surface area (Å²) < 4.78 is 0. The third-order valence-corrected chi connectivity index (χ3v) is 5.35. The number of carbonyl (C=O) groups is 1. The standard InChI is InChI=1S/C21H23N4O2/c1-13-6-8-25(9-7-13)12-14-2-4-17-15(10-14)11-19(23-17)16-3-5-18(20(22)26)24-21(16)27/h2-4,10-11,13,23H,6-9,12H2,1H3,(H2,22,26)(H,24,27). The second kappa shape index (κ2) is 7.04. The summed E-state index contributed by atoms with van der Waals surface area (Å²) in [6.45, 7) is 5.56. The highest BCUT2D eigenvalue weighted by molar-refractivity contribution is 5.91. The minimum absolute atomic E-state index is 0.0157. The quantitative estimate of drug-likeness (QED) is 0.665. The van der Waals surface area contributed by atoms with E-state index in [9.17, 15) is 9.59 Å². The number of hydrogen-bond donors (Lipinski definition) is 3. The van der Waals surface area contributed by atoms with Crippen molar-refractivity contribution >= 4 is 16.8 Å². The lowest BCUT2D eigenvalue weighted by molar-refractivity contribution is 0.0995. The Balaban J connectivity index is 1.59. The summed E-state index contributed by atoms with van der Waals surface area (Å²) in [4.78, 5) is 31.7. The molecule has 1 aliphatic rings. The number of amides is 1.